The average molecular weight is 557 g/mol. The number of sulfonamides is 1. The molecule has 0 heterocycles. The largest absolute Gasteiger partial charge is 0.492 e. The van der Waals surface area contributed by atoms with E-state index in [0.29, 0.717) is 11.3 Å². The minimum Gasteiger partial charge on any atom is -0.492 e. The van der Waals surface area contributed by atoms with Gasteiger partial charge < -0.3 is 24.6 Å². The lowest BCUT2D eigenvalue weighted by Gasteiger charge is -2.22. The molecule has 0 aliphatic rings. The van der Waals surface area contributed by atoms with Gasteiger partial charge in [0.25, 0.3) is 5.91 Å². The van der Waals surface area contributed by atoms with Crippen molar-refractivity contribution in [2.75, 3.05) is 26.0 Å². The maximum Gasteiger partial charge on any atom is 0.407 e. The summed E-state index contributed by atoms with van der Waals surface area (Å²) < 4.78 is 36.4. The molecule has 0 spiro atoms. The Bertz CT molecular complexity index is 1380. The van der Waals surface area contributed by atoms with Crippen LogP contribution in [-0.2, 0) is 10.0 Å². The molecule has 3 aromatic rings. The molecule has 3 N–H and O–H groups in total. The van der Waals surface area contributed by atoms with E-state index in [0.717, 1.165) is 22.3 Å². The molecule has 0 saturated heterocycles. The third-order valence-electron chi connectivity index (χ3n) is 5.53. The summed E-state index contributed by atoms with van der Waals surface area (Å²) in [6.07, 6.45) is -1.45. The molecule has 39 heavy (non-hydrogen) atoms. The summed E-state index contributed by atoms with van der Waals surface area (Å²) in [5.41, 5.74) is 2.26. The lowest BCUT2D eigenvalue weighted by molar-refractivity contribution is 0.0894. The van der Waals surface area contributed by atoms with Crippen LogP contribution in [-0.4, -0.2) is 67.6 Å². The molecule has 2 amide bonds. The second-order valence-corrected chi connectivity index (χ2v) is 10.9. The molecular formula is C28H32N2O8S. The first-order valence-electron chi connectivity index (χ1n) is 12.2. The van der Waals surface area contributed by atoms with Crippen LogP contribution in [0.15, 0.2) is 72.8 Å². The minimum absolute atomic E-state index is 0.0634. The Morgan fingerprint density at radius 1 is 0.974 bits per heavy atom. The number of nitrogens with zero attached hydrogens (tertiary/aromatic N) is 1. The zero-order chi connectivity index (χ0) is 28.6. The molecule has 10 nitrogen and oxygen atoms in total. The van der Waals surface area contributed by atoms with E-state index in [2.05, 4.69) is 0 Å². The van der Waals surface area contributed by atoms with Crippen molar-refractivity contribution in [2.24, 2.45) is 0 Å². The van der Waals surface area contributed by atoms with Gasteiger partial charge in [-0.2, -0.15) is 0 Å². The third kappa shape index (κ3) is 9.01. The van der Waals surface area contributed by atoms with Gasteiger partial charge in [-0.3, -0.25) is 4.79 Å². The van der Waals surface area contributed by atoms with E-state index < -0.39 is 28.1 Å². The van der Waals surface area contributed by atoms with Crippen LogP contribution in [0.1, 0.15) is 35.9 Å². The van der Waals surface area contributed by atoms with Crippen molar-refractivity contribution in [1.29, 1.82) is 0 Å². The molecule has 0 radical (unpaired) electrons. The van der Waals surface area contributed by atoms with Gasteiger partial charge >= 0.3 is 6.09 Å². The van der Waals surface area contributed by atoms with Crippen LogP contribution in [0, 0.1) is 0 Å². The van der Waals surface area contributed by atoms with Crippen molar-refractivity contribution in [1.82, 2.24) is 9.62 Å². The normalized spacial score (nSPS) is 12.0. The van der Waals surface area contributed by atoms with Crippen LogP contribution in [0.5, 0.6) is 11.5 Å². The van der Waals surface area contributed by atoms with E-state index in [1.807, 2.05) is 10.8 Å². The van der Waals surface area contributed by atoms with Gasteiger partial charge in [0.15, 0.2) is 0 Å². The number of amides is 2. The standard InChI is InChI=1S/C28H32N2O8S/c1-19(2)38-26-17-22(11-14-24(26)27(32)29-39(3,35)36)20-9-12-23(13-10-20)37-16-15-30(28(33)34)18-25(31)21-7-5-4-6-8-21/h4-14,17,19,25,31H,15-16,18H2,1-3H3,(H,29,32)(H,33,34)/t25-/m0/s1. The van der Waals surface area contributed by atoms with E-state index in [1.165, 1.54) is 6.07 Å². The summed E-state index contributed by atoms with van der Waals surface area (Å²) >= 11 is 0. The maximum absolute atomic E-state index is 12.4. The highest BCUT2D eigenvalue weighted by Crippen LogP contribution is 2.29. The van der Waals surface area contributed by atoms with Crippen LogP contribution < -0.4 is 14.2 Å². The van der Waals surface area contributed by atoms with E-state index in [9.17, 15) is 28.2 Å². The van der Waals surface area contributed by atoms with Gasteiger partial charge in [-0.1, -0.05) is 48.5 Å². The highest BCUT2D eigenvalue weighted by molar-refractivity contribution is 7.89. The topological polar surface area (TPSA) is 142 Å². The number of hydrogen-bond donors (Lipinski definition) is 3. The minimum atomic E-state index is -3.74. The van der Waals surface area contributed by atoms with E-state index in [1.54, 1.807) is 74.5 Å². The third-order valence-corrected chi connectivity index (χ3v) is 6.09. The lowest BCUT2D eigenvalue weighted by Crippen LogP contribution is -2.36. The second-order valence-electron chi connectivity index (χ2n) is 9.11. The number of benzene rings is 3. The fourth-order valence-corrected chi connectivity index (χ4v) is 4.18. The van der Waals surface area contributed by atoms with Crippen molar-refractivity contribution >= 4 is 22.0 Å². The monoisotopic (exact) mass is 556 g/mol. The summed E-state index contributed by atoms with van der Waals surface area (Å²) in [5, 5.41) is 19.9. The number of aliphatic hydroxyl groups excluding tert-OH is 1. The number of nitrogens with one attached hydrogen (secondary N) is 1. The molecule has 0 aliphatic carbocycles. The van der Waals surface area contributed by atoms with Gasteiger partial charge in [-0.05, 0) is 54.8 Å². The smallest absolute Gasteiger partial charge is 0.407 e. The molecule has 0 aromatic heterocycles. The number of aliphatic hydroxyl groups is 1. The number of rotatable bonds is 12. The molecule has 0 aliphatic heterocycles. The average Bonchev–Trinajstić information content (AvgIpc) is 2.87. The van der Waals surface area contributed by atoms with Crippen molar-refractivity contribution in [3.8, 4) is 22.6 Å². The summed E-state index contributed by atoms with van der Waals surface area (Å²) in [4.78, 5) is 25.2. The first-order valence-corrected chi connectivity index (χ1v) is 14.1. The quantitative estimate of drug-likeness (QED) is 0.305. The van der Waals surface area contributed by atoms with E-state index in [-0.39, 0.29) is 37.1 Å². The zero-order valence-corrected chi connectivity index (χ0v) is 22.7. The van der Waals surface area contributed by atoms with Crippen molar-refractivity contribution in [3.63, 3.8) is 0 Å². The Labute approximate surface area is 227 Å². The molecule has 3 aromatic carbocycles. The highest BCUT2D eigenvalue weighted by Gasteiger charge is 2.19. The van der Waals surface area contributed by atoms with E-state index in [4.69, 9.17) is 9.47 Å². The number of carboxylic acid groups (broad SMARTS) is 1. The van der Waals surface area contributed by atoms with Crippen molar-refractivity contribution < 1.29 is 37.7 Å². The summed E-state index contributed by atoms with van der Waals surface area (Å²) in [5.74, 6) is -0.0129. The molecule has 0 unspecified atom stereocenters. The van der Waals surface area contributed by atoms with Crippen LogP contribution in [0.25, 0.3) is 11.1 Å². The van der Waals surface area contributed by atoms with Gasteiger partial charge in [0.1, 0.15) is 18.1 Å². The van der Waals surface area contributed by atoms with Gasteiger partial charge in [-0.25, -0.2) is 17.9 Å². The Kier molecular flexibility index (Phi) is 9.91. The van der Waals surface area contributed by atoms with E-state index >= 15 is 0 Å². The highest BCUT2D eigenvalue weighted by atomic mass is 32.2. The predicted molar refractivity (Wildman–Crippen MR) is 146 cm³/mol. The Morgan fingerprint density at radius 2 is 1.62 bits per heavy atom. The lowest BCUT2D eigenvalue weighted by atomic mass is 10.0. The first-order chi connectivity index (χ1) is 18.4. The number of hydrogen-bond acceptors (Lipinski definition) is 7. The summed E-state index contributed by atoms with van der Waals surface area (Å²) in [6, 6.07) is 20.7. The zero-order valence-electron chi connectivity index (χ0n) is 21.9. The number of carbonyl (C=O) groups is 2. The molecule has 208 valence electrons. The van der Waals surface area contributed by atoms with Crippen molar-refractivity contribution in [2.45, 2.75) is 26.1 Å². The van der Waals surface area contributed by atoms with Crippen LogP contribution >= 0.6 is 0 Å². The molecular weight excluding hydrogens is 524 g/mol. The van der Waals surface area contributed by atoms with Crippen molar-refractivity contribution in [3.05, 3.63) is 83.9 Å². The fraction of sp³-hybridized carbons (Fsp3) is 0.286. The molecule has 0 fully saturated rings. The number of carbonyl (C=O) groups excluding carboxylic acids is 1. The Balaban J connectivity index is 1.65. The predicted octanol–water partition coefficient (Wildman–Crippen LogP) is 3.92. The first kappa shape index (κ1) is 29.5. The Morgan fingerprint density at radius 3 is 2.21 bits per heavy atom. The van der Waals surface area contributed by atoms with Gasteiger partial charge in [0.2, 0.25) is 10.0 Å². The number of ether oxygens (including phenoxy) is 2. The van der Waals surface area contributed by atoms with Gasteiger partial charge in [-0.15, -0.1) is 0 Å². The molecule has 0 bridgehead atoms. The maximum atomic E-state index is 12.4. The van der Waals surface area contributed by atoms with Crippen LogP contribution in [0.4, 0.5) is 4.79 Å². The Hall–Kier alpha value is -4.09. The van der Waals surface area contributed by atoms with Gasteiger partial charge in [0, 0.05) is 0 Å². The van der Waals surface area contributed by atoms with Gasteiger partial charge in [0.05, 0.1) is 37.1 Å². The molecule has 1 atom stereocenters. The second kappa shape index (κ2) is 13.1. The molecule has 3 rings (SSSR count). The van der Waals surface area contributed by atoms with Crippen LogP contribution in [0.3, 0.4) is 0 Å². The SMILES string of the molecule is CC(C)Oc1cc(-c2ccc(OCCN(C[C@H](O)c3ccccc3)C(=O)O)cc2)ccc1C(=O)NS(C)(=O)=O. The van der Waals surface area contributed by atoms with Crippen LogP contribution in [0.2, 0.25) is 0 Å². The fourth-order valence-electron chi connectivity index (χ4n) is 3.74. The summed E-state index contributed by atoms with van der Waals surface area (Å²) in [6.45, 7) is 3.66. The molecule has 0 saturated carbocycles. The summed E-state index contributed by atoms with van der Waals surface area (Å²) in [7, 11) is -3.74. The molecule has 11 heteroatoms.